The molecule has 0 saturated carbocycles. The van der Waals surface area contributed by atoms with Crippen molar-refractivity contribution >= 4 is 18.0 Å². The summed E-state index contributed by atoms with van der Waals surface area (Å²) < 4.78 is 5.52. The molecule has 2 N–H and O–H groups in total. The lowest BCUT2D eigenvalue weighted by Gasteiger charge is -2.36. The minimum Gasteiger partial charge on any atom is -0.481 e. The Morgan fingerprint density at radius 3 is 2.09 bits per heavy atom. The van der Waals surface area contributed by atoms with Crippen molar-refractivity contribution in [2.45, 2.75) is 38.6 Å². The Bertz CT molecular complexity index is 997. The fourth-order valence-electron chi connectivity index (χ4n) is 5.22. The molecule has 7 nitrogen and oxygen atoms in total. The molecule has 0 radical (unpaired) electrons. The molecule has 4 rings (SSSR count). The third-order valence-corrected chi connectivity index (χ3v) is 6.49. The largest absolute Gasteiger partial charge is 0.481 e. The molecule has 0 spiro atoms. The number of carboxylic acid groups (broad SMARTS) is 1. The second-order valence-corrected chi connectivity index (χ2v) is 9.31. The van der Waals surface area contributed by atoms with Gasteiger partial charge in [-0.1, -0.05) is 62.4 Å². The van der Waals surface area contributed by atoms with Crippen LogP contribution in [0.2, 0.25) is 0 Å². The Hall–Kier alpha value is -3.35. The fraction of sp³-hybridized carbons (Fsp3) is 0.423. The van der Waals surface area contributed by atoms with Gasteiger partial charge in [0.05, 0.1) is 6.42 Å². The molecule has 174 valence electrons. The molecular weight excluding hydrogens is 420 g/mol. The first-order chi connectivity index (χ1) is 15.8. The minimum atomic E-state index is -1.16. The number of carbonyl (C=O) groups is 3. The first-order valence-corrected chi connectivity index (χ1v) is 11.5. The molecule has 2 aliphatic rings. The third-order valence-electron chi connectivity index (χ3n) is 6.49. The monoisotopic (exact) mass is 450 g/mol. The second kappa shape index (κ2) is 9.65. The highest BCUT2D eigenvalue weighted by molar-refractivity contribution is 5.89. The predicted octanol–water partition coefficient (Wildman–Crippen LogP) is 3.87. The van der Waals surface area contributed by atoms with E-state index >= 15 is 0 Å². The Kier molecular flexibility index (Phi) is 6.67. The molecule has 3 atom stereocenters. The van der Waals surface area contributed by atoms with E-state index in [2.05, 4.69) is 31.3 Å². The number of fused-ring (bicyclic) bond motifs is 3. The smallest absolute Gasteiger partial charge is 0.407 e. The van der Waals surface area contributed by atoms with E-state index in [9.17, 15) is 19.5 Å². The van der Waals surface area contributed by atoms with Crippen molar-refractivity contribution in [2.75, 3.05) is 19.7 Å². The Morgan fingerprint density at radius 2 is 1.55 bits per heavy atom. The summed E-state index contributed by atoms with van der Waals surface area (Å²) in [6.07, 6.45) is -0.246. The summed E-state index contributed by atoms with van der Waals surface area (Å²) in [6.45, 7) is 5.37. The lowest BCUT2D eigenvalue weighted by molar-refractivity contribution is -0.143. The van der Waals surface area contributed by atoms with Crippen molar-refractivity contribution < 1.29 is 24.2 Å². The van der Waals surface area contributed by atoms with Gasteiger partial charge < -0.3 is 20.1 Å². The maximum atomic E-state index is 13.0. The number of nitrogens with zero attached hydrogens (tertiary/aromatic N) is 1. The third kappa shape index (κ3) is 5.02. The zero-order valence-electron chi connectivity index (χ0n) is 19.0. The van der Waals surface area contributed by atoms with E-state index in [0.717, 1.165) is 28.7 Å². The normalized spacial score (nSPS) is 20.5. The summed E-state index contributed by atoms with van der Waals surface area (Å²) in [4.78, 5) is 38.7. The topological polar surface area (TPSA) is 95.9 Å². The van der Waals surface area contributed by atoms with Crippen LogP contribution in [0.4, 0.5) is 4.79 Å². The number of hydrogen-bond acceptors (Lipinski definition) is 4. The van der Waals surface area contributed by atoms with Crippen LogP contribution < -0.4 is 5.32 Å². The highest BCUT2D eigenvalue weighted by Gasteiger charge is 2.34. The minimum absolute atomic E-state index is 0.103. The second-order valence-electron chi connectivity index (χ2n) is 9.31. The SMILES string of the molecule is CC1CC(C)CN(C(=O)C(CC(=O)O)NC(=O)OCC2c3ccccc3-c3ccccc32)C1. The molecule has 1 aliphatic carbocycles. The number of amides is 2. The van der Waals surface area contributed by atoms with Crippen LogP contribution in [0, 0.1) is 11.8 Å². The van der Waals surface area contributed by atoms with Crippen molar-refractivity contribution in [2.24, 2.45) is 11.8 Å². The first kappa shape index (κ1) is 22.8. The van der Waals surface area contributed by atoms with Crippen molar-refractivity contribution in [3.05, 3.63) is 59.7 Å². The molecule has 1 heterocycles. The van der Waals surface area contributed by atoms with E-state index < -0.39 is 24.5 Å². The summed E-state index contributed by atoms with van der Waals surface area (Å²) in [5, 5.41) is 11.8. The van der Waals surface area contributed by atoms with Crippen LogP contribution >= 0.6 is 0 Å². The van der Waals surface area contributed by atoms with Gasteiger partial charge in [0.1, 0.15) is 12.6 Å². The molecule has 33 heavy (non-hydrogen) atoms. The summed E-state index contributed by atoms with van der Waals surface area (Å²) in [5.74, 6) is -0.967. The summed E-state index contributed by atoms with van der Waals surface area (Å²) in [7, 11) is 0. The van der Waals surface area contributed by atoms with Crippen LogP contribution in [0.15, 0.2) is 48.5 Å². The number of nitrogens with one attached hydrogen (secondary N) is 1. The van der Waals surface area contributed by atoms with Gasteiger partial charge in [0.25, 0.3) is 0 Å². The lowest BCUT2D eigenvalue weighted by atomic mass is 9.91. The zero-order chi connectivity index (χ0) is 23.5. The van der Waals surface area contributed by atoms with Gasteiger partial charge in [-0.3, -0.25) is 9.59 Å². The average Bonchev–Trinajstić information content (AvgIpc) is 3.09. The number of alkyl carbamates (subject to hydrolysis) is 1. The molecular formula is C26H30N2O5. The van der Waals surface area contributed by atoms with Gasteiger partial charge in [-0.2, -0.15) is 0 Å². The molecule has 0 aromatic heterocycles. The maximum Gasteiger partial charge on any atom is 0.407 e. The summed E-state index contributed by atoms with van der Waals surface area (Å²) >= 11 is 0. The quantitative estimate of drug-likeness (QED) is 0.697. The van der Waals surface area contributed by atoms with Crippen LogP contribution in [0.5, 0.6) is 0 Å². The number of benzene rings is 2. The van der Waals surface area contributed by atoms with Crippen LogP contribution in [-0.2, 0) is 14.3 Å². The highest BCUT2D eigenvalue weighted by Crippen LogP contribution is 2.44. The molecule has 0 bridgehead atoms. The lowest BCUT2D eigenvalue weighted by Crippen LogP contribution is -2.53. The fourth-order valence-corrected chi connectivity index (χ4v) is 5.22. The molecule has 2 amide bonds. The van der Waals surface area contributed by atoms with Gasteiger partial charge in [0, 0.05) is 19.0 Å². The molecule has 1 saturated heterocycles. The van der Waals surface area contributed by atoms with Crippen LogP contribution in [-0.4, -0.2) is 53.7 Å². The Balaban J connectivity index is 1.43. The number of hydrogen-bond donors (Lipinski definition) is 2. The number of piperidine rings is 1. The number of ether oxygens (including phenoxy) is 1. The standard InChI is InChI=1S/C26H30N2O5/c1-16-11-17(2)14-28(13-16)25(31)23(12-24(29)30)27-26(32)33-15-22-20-9-5-3-7-18(20)19-8-4-6-10-21(19)22/h3-10,16-17,22-23H,11-15H2,1-2H3,(H,27,32)(H,29,30). The molecule has 3 unspecified atom stereocenters. The van der Waals surface area contributed by atoms with E-state index in [1.807, 2.05) is 36.4 Å². The summed E-state index contributed by atoms with van der Waals surface area (Å²) in [5.41, 5.74) is 4.41. The van der Waals surface area contributed by atoms with Crippen molar-refractivity contribution in [1.82, 2.24) is 10.2 Å². The predicted molar refractivity (Wildman–Crippen MR) is 124 cm³/mol. The van der Waals surface area contributed by atoms with E-state index in [1.165, 1.54) is 0 Å². The van der Waals surface area contributed by atoms with E-state index in [4.69, 9.17) is 4.74 Å². The number of carboxylic acids is 1. The number of aliphatic carboxylic acids is 1. The first-order valence-electron chi connectivity index (χ1n) is 11.5. The van der Waals surface area contributed by atoms with Crippen molar-refractivity contribution in [1.29, 1.82) is 0 Å². The van der Waals surface area contributed by atoms with Gasteiger partial charge >= 0.3 is 12.1 Å². The van der Waals surface area contributed by atoms with Crippen molar-refractivity contribution in [3.63, 3.8) is 0 Å². The van der Waals surface area contributed by atoms with E-state index in [0.29, 0.717) is 24.9 Å². The molecule has 7 heteroatoms. The summed E-state index contributed by atoms with van der Waals surface area (Å²) in [6, 6.07) is 14.9. The van der Waals surface area contributed by atoms with Gasteiger partial charge in [-0.25, -0.2) is 4.79 Å². The number of likely N-dealkylation sites (tertiary alicyclic amines) is 1. The van der Waals surface area contributed by atoms with Gasteiger partial charge in [0.2, 0.25) is 5.91 Å². The highest BCUT2D eigenvalue weighted by atomic mass is 16.5. The zero-order valence-corrected chi connectivity index (χ0v) is 19.0. The molecule has 1 aliphatic heterocycles. The molecule has 2 aromatic carbocycles. The van der Waals surface area contributed by atoms with Crippen LogP contribution in [0.3, 0.4) is 0 Å². The van der Waals surface area contributed by atoms with Gasteiger partial charge in [-0.15, -0.1) is 0 Å². The molecule has 2 aromatic rings. The van der Waals surface area contributed by atoms with E-state index in [-0.39, 0.29) is 18.4 Å². The van der Waals surface area contributed by atoms with Crippen molar-refractivity contribution in [3.8, 4) is 11.1 Å². The van der Waals surface area contributed by atoms with Crippen LogP contribution in [0.1, 0.15) is 43.7 Å². The maximum absolute atomic E-state index is 13.0. The average molecular weight is 451 g/mol. The number of carbonyl (C=O) groups excluding carboxylic acids is 2. The van der Waals surface area contributed by atoms with E-state index in [1.54, 1.807) is 4.90 Å². The Morgan fingerprint density at radius 1 is 1.00 bits per heavy atom. The van der Waals surface area contributed by atoms with Gasteiger partial charge in [-0.05, 0) is 40.5 Å². The molecule has 1 fully saturated rings. The number of rotatable bonds is 6. The van der Waals surface area contributed by atoms with Crippen LogP contribution in [0.25, 0.3) is 11.1 Å². The van der Waals surface area contributed by atoms with Gasteiger partial charge in [0.15, 0.2) is 0 Å². The Labute approximate surface area is 193 Å².